The van der Waals surface area contributed by atoms with Crippen LogP contribution in [0, 0.1) is 15.9 Å². The average Bonchev–Trinajstić information content (AvgIpc) is 2.68. The predicted molar refractivity (Wildman–Crippen MR) is 105 cm³/mol. The van der Waals surface area contributed by atoms with Gasteiger partial charge in [-0.05, 0) is 36.6 Å². The van der Waals surface area contributed by atoms with Crippen molar-refractivity contribution in [2.45, 2.75) is 31.6 Å². The zero-order valence-corrected chi connectivity index (χ0v) is 16.0. The lowest BCUT2D eigenvalue weighted by Crippen LogP contribution is -2.40. The number of hydrogen-bond acceptors (Lipinski definition) is 4. The number of halogens is 2. The van der Waals surface area contributed by atoms with E-state index >= 15 is 0 Å². The van der Waals surface area contributed by atoms with Gasteiger partial charge in [-0.1, -0.05) is 23.7 Å². The minimum atomic E-state index is -0.564. The smallest absolute Gasteiger partial charge is 0.271 e. The maximum Gasteiger partial charge on any atom is 0.271 e. The fourth-order valence-electron chi connectivity index (χ4n) is 4.07. The molecule has 4 rings (SSSR count). The molecule has 0 aromatic heterocycles. The van der Waals surface area contributed by atoms with E-state index in [0.29, 0.717) is 36.1 Å². The molecule has 148 valence electrons. The van der Waals surface area contributed by atoms with Gasteiger partial charge in [-0.25, -0.2) is 4.39 Å². The average molecular weight is 415 g/mol. The van der Waals surface area contributed by atoms with Gasteiger partial charge >= 0.3 is 0 Å². The van der Waals surface area contributed by atoms with Gasteiger partial charge in [0.2, 0.25) is 5.91 Å². The third-order valence-electron chi connectivity index (χ3n) is 5.31. The first-order valence-corrected chi connectivity index (χ1v) is 9.53. The number of ketones is 1. The number of carbonyl (C=O) groups excluding carboxylic acids is 2. The second-order valence-electron chi connectivity index (χ2n) is 7.07. The van der Waals surface area contributed by atoms with Gasteiger partial charge in [0.1, 0.15) is 5.82 Å². The zero-order chi connectivity index (χ0) is 20.7. The number of nitro groups is 1. The molecule has 0 fully saturated rings. The topological polar surface area (TPSA) is 80.5 Å². The Labute approximate surface area is 170 Å². The number of allylic oxidation sites excluding steroid dienone is 2. The van der Waals surface area contributed by atoms with E-state index in [-0.39, 0.29) is 34.5 Å². The molecule has 1 unspecified atom stereocenters. The highest BCUT2D eigenvalue weighted by Gasteiger charge is 2.40. The Bertz CT molecular complexity index is 1080. The second-order valence-corrected chi connectivity index (χ2v) is 7.48. The SMILES string of the molecule is O=C1CCCC2=C1C(c1cccc(F)c1)CC(=O)N2c1cc([N+](=O)[O-])ccc1Cl. The number of nitrogens with zero attached hydrogens (tertiary/aromatic N) is 2. The van der Waals surface area contributed by atoms with E-state index in [1.54, 1.807) is 12.1 Å². The van der Waals surface area contributed by atoms with Crippen LogP contribution in [0.1, 0.15) is 37.2 Å². The second kappa shape index (κ2) is 7.40. The number of benzene rings is 2. The van der Waals surface area contributed by atoms with E-state index in [4.69, 9.17) is 11.6 Å². The van der Waals surface area contributed by atoms with Crippen LogP contribution >= 0.6 is 11.6 Å². The number of non-ortho nitro benzene ring substituents is 1. The quantitative estimate of drug-likeness (QED) is 0.527. The van der Waals surface area contributed by atoms with E-state index in [0.717, 1.165) is 0 Å². The third-order valence-corrected chi connectivity index (χ3v) is 5.63. The van der Waals surface area contributed by atoms with Gasteiger partial charge in [0, 0.05) is 42.2 Å². The summed E-state index contributed by atoms with van der Waals surface area (Å²) in [6, 6.07) is 9.76. The van der Waals surface area contributed by atoms with Crippen molar-refractivity contribution in [1.29, 1.82) is 0 Å². The van der Waals surface area contributed by atoms with Gasteiger partial charge in [-0.15, -0.1) is 0 Å². The Hall–Kier alpha value is -3.06. The van der Waals surface area contributed by atoms with Crippen LogP contribution in [0.25, 0.3) is 0 Å². The summed E-state index contributed by atoms with van der Waals surface area (Å²) in [5.74, 6) is -1.42. The van der Waals surface area contributed by atoms with E-state index in [2.05, 4.69) is 0 Å². The van der Waals surface area contributed by atoms with Crippen molar-refractivity contribution in [2.75, 3.05) is 4.90 Å². The van der Waals surface area contributed by atoms with Crippen LogP contribution in [0.5, 0.6) is 0 Å². The van der Waals surface area contributed by atoms with Crippen molar-refractivity contribution in [3.8, 4) is 0 Å². The highest BCUT2D eigenvalue weighted by Crippen LogP contribution is 2.45. The van der Waals surface area contributed by atoms with E-state index in [1.165, 1.54) is 35.2 Å². The minimum absolute atomic E-state index is 0.0486. The lowest BCUT2D eigenvalue weighted by atomic mass is 9.77. The van der Waals surface area contributed by atoms with Gasteiger partial charge in [-0.2, -0.15) is 0 Å². The van der Waals surface area contributed by atoms with Gasteiger partial charge in [-0.3, -0.25) is 24.6 Å². The van der Waals surface area contributed by atoms with Crippen molar-refractivity contribution < 1.29 is 18.9 Å². The highest BCUT2D eigenvalue weighted by atomic mass is 35.5. The third kappa shape index (κ3) is 3.42. The van der Waals surface area contributed by atoms with Gasteiger partial charge in [0.15, 0.2) is 5.78 Å². The Kier molecular flexibility index (Phi) is 4.92. The molecule has 8 heteroatoms. The molecule has 1 amide bonds. The molecular weight excluding hydrogens is 399 g/mol. The summed E-state index contributed by atoms with van der Waals surface area (Å²) < 4.78 is 13.8. The number of nitro benzene ring substituents is 1. The van der Waals surface area contributed by atoms with Crippen LogP contribution in [0.2, 0.25) is 5.02 Å². The zero-order valence-electron chi connectivity index (χ0n) is 15.2. The monoisotopic (exact) mass is 414 g/mol. The number of carbonyl (C=O) groups is 2. The maximum absolute atomic E-state index is 13.8. The van der Waals surface area contributed by atoms with E-state index < -0.39 is 16.7 Å². The van der Waals surface area contributed by atoms with Crippen molar-refractivity contribution in [1.82, 2.24) is 0 Å². The fourth-order valence-corrected chi connectivity index (χ4v) is 4.27. The van der Waals surface area contributed by atoms with Crippen LogP contribution in [0.3, 0.4) is 0 Å². The molecule has 0 radical (unpaired) electrons. The van der Waals surface area contributed by atoms with Crippen molar-refractivity contribution in [3.63, 3.8) is 0 Å². The van der Waals surface area contributed by atoms with Crippen molar-refractivity contribution in [2.24, 2.45) is 0 Å². The van der Waals surface area contributed by atoms with E-state index in [9.17, 15) is 24.1 Å². The summed E-state index contributed by atoms with van der Waals surface area (Å²) in [7, 11) is 0. The van der Waals surface area contributed by atoms with Crippen molar-refractivity contribution in [3.05, 3.63) is 80.3 Å². The van der Waals surface area contributed by atoms with Crippen LogP contribution in [0.4, 0.5) is 15.8 Å². The molecule has 0 bridgehead atoms. The highest BCUT2D eigenvalue weighted by molar-refractivity contribution is 6.34. The Morgan fingerprint density at radius 1 is 1.14 bits per heavy atom. The summed E-state index contributed by atoms with van der Waals surface area (Å²) in [6.45, 7) is 0. The minimum Gasteiger partial charge on any atom is -0.294 e. The van der Waals surface area contributed by atoms with Crippen LogP contribution < -0.4 is 4.90 Å². The number of rotatable bonds is 3. The van der Waals surface area contributed by atoms with Crippen LogP contribution in [0.15, 0.2) is 53.7 Å². The van der Waals surface area contributed by atoms with Gasteiger partial charge < -0.3 is 0 Å². The molecule has 0 spiro atoms. The Balaban J connectivity index is 1.89. The molecule has 2 aromatic carbocycles. The Morgan fingerprint density at radius 2 is 1.93 bits per heavy atom. The molecule has 0 saturated heterocycles. The molecule has 1 heterocycles. The number of amides is 1. The number of anilines is 1. The van der Waals surface area contributed by atoms with Gasteiger partial charge in [0.05, 0.1) is 15.6 Å². The standard InChI is InChI=1S/C21H16ClFN2O4/c22-16-8-7-14(25(28)29)10-18(16)24-17-5-2-6-19(26)21(17)15(11-20(24)27)12-3-1-4-13(23)9-12/h1,3-4,7-10,15H,2,5-6,11H2. The lowest BCUT2D eigenvalue weighted by Gasteiger charge is -2.38. The first kappa shape index (κ1) is 19.3. The molecule has 2 aromatic rings. The molecule has 2 aliphatic rings. The molecule has 1 aliphatic heterocycles. The summed E-state index contributed by atoms with van der Waals surface area (Å²) in [6.07, 6.45) is 1.31. The molecule has 6 nitrogen and oxygen atoms in total. The summed E-state index contributed by atoms with van der Waals surface area (Å²) in [5.41, 5.74) is 1.50. The van der Waals surface area contributed by atoms with Crippen LogP contribution in [-0.2, 0) is 9.59 Å². The first-order valence-electron chi connectivity index (χ1n) is 9.15. The lowest BCUT2D eigenvalue weighted by molar-refractivity contribution is -0.384. The summed E-state index contributed by atoms with van der Waals surface area (Å²) >= 11 is 6.27. The van der Waals surface area contributed by atoms with Gasteiger partial charge in [0.25, 0.3) is 5.69 Å². The molecule has 0 N–H and O–H groups in total. The van der Waals surface area contributed by atoms with E-state index in [1.807, 2.05) is 0 Å². The Morgan fingerprint density at radius 3 is 2.66 bits per heavy atom. The molecule has 0 saturated carbocycles. The molecule has 1 atom stereocenters. The van der Waals surface area contributed by atoms with Crippen molar-refractivity contribution >= 4 is 34.7 Å². The van der Waals surface area contributed by atoms with Crippen LogP contribution in [-0.4, -0.2) is 16.6 Å². The first-order chi connectivity index (χ1) is 13.9. The molecular formula is C21H16ClFN2O4. The normalized spacial score (nSPS) is 19.4. The molecule has 29 heavy (non-hydrogen) atoms. The summed E-state index contributed by atoms with van der Waals surface area (Å²) in [5, 5.41) is 11.4. The molecule has 1 aliphatic carbocycles. The fraction of sp³-hybridized carbons (Fsp3) is 0.238. The summed E-state index contributed by atoms with van der Waals surface area (Å²) in [4.78, 5) is 37.9. The predicted octanol–water partition coefficient (Wildman–Crippen LogP) is 4.91. The number of Topliss-reactive ketones (excluding diaryl/α,β-unsaturated/α-hetero) is 1. The number of hydrogen-bond donors (Lipinski definition) is 0. The maximum atomic E-state index is 13.8. The largest absolute Gasteiger partial charge is 0.294 e.